The van der Waals surface area contributed by atoms with Crippen molar-refractivity contribution in [2.45, 2.75) is 25.8 Å². The van der Waals surface area contributed by atoms with Gasteiger partial charge in [-0.1, -0.05) is 12.1 Å². The molecule has 0 saturated carbocycles. The van der Waals surface area contributed by atoms with Gasteiger partial charge in [0.1, 0.15) is 11.5 Å². The van der Waals surface area contributed by atoms with Crippen molar-refractivity contribution in [2.75, 3.05) is 0 Å². The van der Waals surface area contributed by atoms with E-state index in [1.807, 2.05) is 0 Å². The fourth-order valence-electron chi connectivity index (χ4n) is 1.39. The van der Waals surface area contributed by atoms with E-state index in [9.17, 15) is 13.6 Å². The summed E-state index contributed by atoms with van der Waals surface area (Å²) in [5, 5.41) is 0. The molecule has 0 N–H and O–H groups in total. The van der Waals surface area contributed by atoms with Gasteiger partial charge in [0.15, 0.2) is 0 Å². The summed E-state index contributed by atoms with van der Waals surface area (Å²) >= 11 is 5.67. The van der Waals surface area contributed by atoms with Crippen LogP contribution < -0.4 is 4.74 Å². The van der Waals surface area contributed by atoms with Crippen LogP contribution in [0.25, 0.3) is 0 Å². The van der Waals surface area contributed by atoms with E-state index in [-0.39, 0.29) is 23.8 Å². The van der Waals surface area contributed by atoms with E-state index >= 15 is 0 Å². The van der Waals surface area contributed by atoms with Crippen LogP contribution in [0.1, 0.15) is 18.1 Å². The first kappa shape index (κ1) is 12.9. The summed E-state index contributed by atoms with van der Waals surface area (Å²) in [6.07, 6.45) is 0.0466. The van der Waals surface area contributed by atoms with Crippen LogP contribution in [-0.2, 0) is 17.1 Å². The van der Waals surface area contributed by atoms with Crippen LogP contribution in [-0.4, -0.2) is 12.4 Å². The van der Waals surface area contributed by atoms with Crippen LogP contribution in [0.4, 0.5) is 8.78 Å². The van der Waals surface area contributed by atoms with Gasteiger partial charge in [-0.3, -0.25) is 4.79 Å². The van der Waals surface area contributed by atoms with Crippen molar-refractivity contribution in [1.29, 1.82) is 0 Å². The molecule has 0 heterocycles. The number of ether oxygens (including phenoxy) is 1. The third kappa shape index (κ3) is 3.45. The average Bonchev–Trinajstić information content (AvgIpc) is 2.19. The van der Waals surface area contributed by atoms with Crippen LogP contribution in [0, 0.1) is 0 Å². The Kier molecular flexibility index (Phi) is 4.68. The highest BCUT2D eigenvalue weighted by Gasteiger charge is 2.14. The van der Waals surface area contributed by atoms with Crippen molar-refractivity contribution in [3.63, 3.8) is 0 Å². The monoisotopic (exact) mass is 248 g/mol. The van der Waals surface area contributed by atoms with E-state index in [1.165, 1.54) is 13.0 Å². The second-order valence-corrected chi connectivity index (χ2v) is 3.55. The Morgan fingerprint density at radius 2 is 2.19 bits per heavy atom. The molecule has 2 nitrogen and oxygen atoms in total. The Morgan fingerprint density at radius 3 is 2.69 bits per heavy atom. The highest BCUT2D eigenvalue weighted by molar-refractivity contribution is 6.17. The zero-order valence-electron chi connectivity index (χ0n) is 8.67. The van der Waals surface area contributed by atoms with Crippen LogP contribution in [0.15, 0.2) is 18.2 Å². The van der Waals surface area contributed by atoms with Gasteiger partial charge in [0.05, 0.1) is 0 Å². The summed E-state index contributed by atoms with van der Waals surface area (Å²) in [4.78, 5) is 11.0. The molecular formula is C11H11ClF2O2. The first-order valence-electron chi connectivity index (χ1n) is 4.65. The van der Waals surface area contributed by atoms with Crippen molar-refractivity contribution in [1.82, 2.24) is 0 Å². The fourth-order valence-corrected chi connectivity index (χ4v) is 1.64. The van der Waals surface area contributed by atoms with E-state index in [2.05, 4.69) is 4.74 Å². The maximum absolute atomic E-state index is 12.1. The van der Waals surface area contributed by atoms with Crippen LogP contribution in [0.5, 0.6) is 5.75 Å². The van der Waals surface area contributed by atoms with Crippen molar-refractivity contribution in [3.05, 3.63) is 29.3 Å². The van der Waals surface area contributed by atoms with Gasteiger partial charge < -0.3 is 4.74 Å². The number of ketones is 1. The van der Waals surface area contributed by atoms with Crippen LogP contribution >= 0.6 is 11.6 Å². The van der Waals surface area contributed by atoms with E-state index in [0.29, 0.717) is 11.1 Å². The molecule has 0 aliphatic heterocycles. The lowest BCUT2D eigenvalue weighted by Crippen LogP contribution is -2.08. The van der Waals surface area contributed by atoms with Crippen molar-refractivity contribution < 1.29 is 18.3 Å². The molecule has 0 atom stereocenters. The molecule has 0 aliphatic carbocycles. The molecule has 1 aromatic rings. The first-order valence-corrected chi connectivity index (χ1v) is 5.19. The molecule has 0 radical (unpaired) electrons. The number of hydrogen-bond donors (Lipinski definition) is 0. The van der Waals surface area contributed by atoms with Gasteiger partial charge >= 0.3 is 6.61 Å². The van der Waals surface area contributed by atoms with Gasteiger partial charge in [-0.15, -0.1) is 11.6 Å². The van der Waals surface area contributed by atoms with Gasteiger partial charge in [0.2, 0.25) is 0 Å². The lowest BCUT2D eigenvalue weighted by atomic mass is 10.0. The Bertz CT molecular complexity index is 380. The van der Waals surface area contributed by atoms with E-state index < -0.39 is 6.61 Å². The Balaban J connectivity index is 3.09. The minimum atomic E-state index is -2.91. The largest absolute Gasteiger partial charge is 0.435 e. The van der Waals surface area contributed by atoms with Crippen LogP contribution in [0.2, 0.25) is 0 Å². The van der Waals surface area contributed by atoms with Crippen molar-refractivity contribution >= 4 is 17.4 Å². The molecule has 88 valence electrons. The number of halogens is 3. The van der Waals surface area contributed by atoms with E-state index in [4.69, 9.17) is 11.6 Å². The molecule has 0 spiro atoms. The molecule has 1 rings (SSSR count). The van der Waals surface area contributed by atoms with E-state index in [1.54, 1.807) is 12.1 Å². The van der Waals surface area contributed by atoms with Crippen molar-refractivity contribution in [3.8, 4) is 5.75 Å². The van der Waals surface area contributed by atoms with Gasteiger partial charge in [-0.05, 0) is 18.6 Å². The molecule has 0 aliphatic rings. The SMILES string of the molecule is CC(=O)Cc1c(CCl)cccc1OC(F)F. The molecule has 0 saturated heterocycles. The number of benzene rings is 1. The predicted molar refractivity (Wildman–Crippen MR) is 57.0 cm³/mol. The zero-order chi connectivity index (χ0) is 12.1. The second kappa shape index (κ2) is 5.80. The maximum atomic E-state index is 12.1. The van der Waals surface area contributed by atoms with Gasteiger partial charge in [-0.2, -0.15) is 8.78 Å². The van der Waals surface area contributed by atoms with E-state index in [0.717, 1.165) is 0 Å². The standard InChI is InChI=1S/C11H11ClF2O2/c1-7(15)5-9-8(6-12)3-2-4-10(9)16-11(13)14/h2-4,11H,5-6H2,1H3. The number of alkyl halides is 3. The second-order valence-electron chi connectivity index (χ2n) is 3.28. The highest BCUT2D eigenvalue weighted by Crippen LogP contribution is 2.26. The molecular weight excluding hydrogens is 238 g/mol. The molecule has 16 heavy (non-hydrogen) atoms. The third-order valence-electron chi connectivity index (χ3n) is 2.02. The molecule has 0 fully saturated rings. The molecule has 5 heteroatoms. The number of carbonyl (C=O) groups is 1. The topological polar surface area (TPSA) is 26.3 Å². The lowest BCUT2D eigenvalue weighted by molar-refractivity contribution is -0.116. The highest BCUT2D eigenvalue weighted by atomic mass is 35.5. The third-order valence-corrected chi connectivity index (χ3v) is 2.30. The summed E-state index contributed by atoms with van der Waals surface area (Å²) in [6.45, 7) is -1.52. The molecule has 0 amide bonds. The predicted octanol–water partition coefficient (Wildman–Crippen LogP) is 3.16. The molecule has 0 bridgehead atoms. The summed E-state index contributed by atoms with van der Waals surface area (Å²) < 4.78 is 28.6. The number of hydrogen-bond acceptors (Lipinski definition) is 2. The minimum absolute atomic E-state index is 0.0170. The summed E-state index contributed by atoms with van der Waals surface area (Å²) in [6, 6.07) is 4.66. The van der Waals surface area contributed by atoms with Gasteiger partial charge in [0, 0.05) is 17.9 Å². The van der Waals surface area contributed by atoms with Gasteiger partial charge in [-0.25, -0.2) is 0 Å². The summed E-state index contributed by atoms with van der Waals surface area (Å²) in [5.74, 6) is 0.0447. The fraction of sp³-hybridized carbons (Fsp3) is 0.364. The molecule has 0 unspecified atom stereocenters. The quantitative estimate of drug-likeness (QED) is 0.749. The van der Waals surface area contributed by atoms with Crippen molar-refractivity contribution in [2.24, 2.45) is 0 Å². The minimum Gasteiger partial charge on any atom is -0.435 e. The summed E-state index contributed by atoms with van der Waals surface area (Å²) in [7, 11) is 0. The smallest absolute Gasteiger partial charge is 0.387 e. The molecule has 0 aromatic heterocycles. The first-order chi connectivity index (χ1) is 7.54. The average molecular weight is 249 g/mol. The number of rotatable bonds is 5. The lowest BCUT2D eigenvalue weighted by Gasteiger charge is -2.12. The Hall–Kier alpha value is -1.16. The van der Waals surface area contributed by atoms with Crippen LogP contribution in [0.3, 0.4) is 0 Å². The Labute approximate surface area is 97.2 Å². The zero-order valence-corrected chi connectivity index (χ0v) is 9.43. The number of Topliss-reactive ketones (excluding diaryl/α,β-unsaturated/α-hetero) is 1. The molecule has 1 aromatic carbocycles. The normalized spacial score (nSPS) is 10.6. The maximum Gasteiger partial charge on any atom is 0.387 e. The Morgan fingerprint density at radius 1 is 1.50 bits per heavy atom. The number of carbonyl (C=O) groups excluding carboxylic acids is 1. The summed E-state index contributed by atoms with van der Waals surface area (Å²) in [5.41, 5.74) is 1.07. The van der Waals surface area contributed by atoms with Gasteiger partial charge in [0.25, 0.3) is 0 Å².